The molecule has 3 nitrogen and oxygen atoms in total. The zero-order valence-corrected chi connectivity index (χ0v) is 10.5. The fourth-order valence-electron chi connectivity index (χ4n) is 2.97. The molecule has 0 radical (unpaired) electrons. The Bertz CT molecular complexity index is 210. The van der Waals surface area contributed by atoms with Gasteiger partial charge in [0.05, 0.1) is 13.2 Å². The van der Waals surface area contributed by atoms with Crippen molar-refractivity contribution in [1.29, 1.82) is 0 Å². The number of morpholine rings is 1. The smallest absolute Gasteiger partial charge is 0.0619 e. The van der Waals surface area contributed by atoms with Gasteiger partial charge in [0.1, 0.15) is 0 Å². The highest BCUT2D eigenvalue weighted by Gasteiger charge is 2.26. The molecule has 1 heterocycles. The van der Waals surface area contributed by atoms with Crippen molar-refractivity contribution >= 4 is 0 Å². The van der Waals surface area contributed by atoms with Gasteiger partial charge in [-0.15, -0.1) is 0 Å². The molecule has 3 atom stereocenters. The van der Waals surface area contributed by atoms with E-state index in [1.807, 2.05) is 0 Å². The summed E-state index contributed by atoms with van der Waals surface area (Å²) in [5, 5.41) is 0. The summed E-state index contributed by atoms with van der Waals surface area (Å²) >= 11 is 0. The number of ether oxygens (including phenoxy) is 1. The van der Waals surface area contributed by atoms with Gasteiger partial charge in [-0.1, -0.05) is 19.3 Å². The van der Waals surface area contributed by atoms with Gasteiger partial charge in [-0.05, 0) is 25.7 Å². The fraction of sp³-hybridized carbons (Fsp3) is 1.00. The molecule has 2 N–H and O–H groups in total. The van der Waals surface area contributed by atoms with Gasteiger partial charge in [-0.2, -0.15) is 0 Å². The second kappa shape index (κ2) is 5.99. The lowest BCUT2D eigenvalue weighted by molar-refractivity contribution is -0.00934. The first-order valence-corrected chi connectivity index (χ1v) is 6.85. The van der Waals surface area contributed by atoms with Crippen LogP contribution < -0.4 is 5.73 Å². The maximum absolute atomic E-state index is 6.28. The highest BCUT2D eigenvalue weighted by atomic mass is 16.5. The van der Waals surface area contributed by atoms with Crippen LogP contribution in [0.2, 0.25) is 0 Å². The van der Waals surface area contributed by atoms with Crippen molar-refractivity contribution in [2.45, 2.75) is 51.1 Å². The van der Waals surface area contributed by atoms with E-state index in [1.165, 1.54) is 38.6 Å². The van der Waals surface area contributed by atoms with Gasteiger partial charge in [-0.3, -0.25) is 4.90 Å². The minimum atomic E-state index is 0.428. The van der Waals surface area contributed by atoms with Crippen molar-refractivity contribution in [3.8, 4) is 0 Å². The van der Waals surface area contributed by atoms with Crippen LogP contribution in [-0.4, -0.2) is 43.3 Å². The molecule has 2 fully saturated rings. The van der Waals surface area contributed by atoms with Crippen molar-refractivity contribution in [3.05, 3.63) is 0 Å². The van der Waals surface area contributed by atoms with E-state index in [2.05, 4.69) is 11.8 Å². The quantitative estimate of drug-likeness (QED) is 0.727. The lowest BCUT2D eigenvalue weighted by Gasteiger charge is -2.37. The van der Waals surface area contributed by atoms with Crippen LogP contribution in [0.5, 0.6) is 0 Å². The molecule has 0 bridgehead atoms. The molecule has 0 amide bonds. The first kappa shape index (κ1) is 12.3. The Labute approximate surface area is 99.3 Å². The third-order valence-electron chi connectivity index (χ3n) is 4.19. The summed E-state index contributed by atoms with van der Waals surface area (Å²) in [4.78, 5) is 2.57. The second-order valence-electron chi connectivity index (χ2n) is 5.48. The van der Waals surface area contributed by atoms with Crippen LogP contribution in [0.4, 0.5) is 0 Å². The molecule has 2 aliphatic rings. The maximum Gasteiger partial charge on any atom is 0.0619 e. The Morgan fingerprint density at radius 1 is 1.25 bits per heavy atom. The Kier molecular flexibility index (Phi) is 4.62. The van der Waals surface area contributed by atoms with E-state index >= 15 is 0 Å². The number of nitrogens with two attached hydrogens (primary N) is 1. The largest absolute Gasteiger partial charge is 0.379 e. The molecule has 1 aliphatic carbocycles. The van der Waals surface area contributed by atoms with E-state index in [0.29, 0.717) is 18.0 Å². The molecule has 3 heteroatoms. The van der Waals surface area contributed by atoms with Crippen LogP contribution in [0.3, 0.4) is 0 Å². The van der Waals surface area contributed by atoms with Crippen LogP contribution in [0.15, 0.2) is 0 Å². The van der Waals surface area contributed by atoms with E-state index in [9.17, 15) is 0 Å². The standard InChI is InChI=1S/C13H26N2O/c1-11-10-16-8-7-15(11)9-12-5-3-2-4-6-13(12)14/h11-13H,2-10,14H2,1H3. The zero-order chi connectivity index (χ0) is 11.4. The van der Waals surface area contributed by atoms with Crippen LogP contribution in [0, 0.1) is 5.92 Å². The van der Waals surface area contributed by atoms with E-state index in [4.69, 9.17) is 10.5 Å². The van der Waals surface area contributed by atoms with Gasteiger partial charge in [-0.25, -0.2) is 0 Å². The first-order valence-electron chi connectivity index (χ1n) is 6.85. The Hall–Kier alpha value is -0.120. The second-order valence-corrected chi connectivity index (χ2v) is 5.48. The third kappa shape index (κ3) is 3.19. The SMILES string of the molecule is CC1COCCN1CC1CCCCCC1N. The monoisotopic (exact) mass is 226 g/mol. The number of rotatable bonds is 2. The summed E-state index contributed by atoms with van der Waals surface area (Å²) in [6.07, 6.45) is 6.63. The summed E-state index contributed by atoms with van der Waals surface area (Å²) in [7, 11) is 0. The number of nitrogens with zero attached hydrogens (tertiary/aromatic N) is 1. The van der Waals surface area contributed by atoms with E-state index in [0.717, 1.165) is 19.8 Å². The topological polar surface area (TPSA) is 38.5 Å². The molecule has 1 aliphatic heterocycles. The molecule has 3 unspecified atom stereocenters. The summed E-state index contributed by atoms with van der Waals surface area (Å²) in [5.41, 5.74) is 6.28. The van der Waals surface area contributed by atoms with Crippen LogP contribution in [0.25, 0.3) is 0 Å². The first-order chi connectivity index (χ1) is 7.77. The predicted octanol–water partition coefficient (Wildman–Crippen LogP) is 1.61. The highest BCUT2D eigenvalue weighted by Crippen LogP contribution is 2.24. The van der Waals surface area contributed by atoms with Crippen LogP contribution >= 0.6 is 0 Å². The minimum Gasteiger partial charge on any atom is -0.379 e. The molecule has 1 saturated carbocycles. The van der Waals surface area contributed by atoms with Gasteiger partial charge >= 0.3 is 0 Å². The summed E-state index contributed by atoms with van der Waals surface area (Å²) in [6, 6.07) is 1.00. The van der Waals surface area contributed by atoms with E-state index in [1.54, 1.807) is 0 Å². The zero-order valence-electron chi connectivity index (χ0n) is 10.5. The minimum absolute atomic E-state index is 0.428. The van der Waals surface area contributed by atoms with Crippen molar-refractivity contribution in [1.82, 2.24) is 4.90 Å². The molecule has 0 spiro atoms. The highest BCUT2D eigenvalue weighted by molar-refractivity contribution is 4.82. The normalized spacial score (nSPS) is 38.2. The van der Waals surface area contributed by atoms with Crippen LogP contribution in [-0.2, 0) is 4.74 Å². The molecular formula is C13H26N2O. The molecular weight excluding hydrogens is 200 g/mol. The lowest BCUT2D eigenvalue weighted by Crippen LogP contribution is -2.48. The Morgan fingerprint density at radius 2 is 2.06 bits per heavy atom. The molecule has 16 heavy (non-hydrogen) atoms. The van der Waals surface area contributed by atoms with Crippen molar-refractivity contribution < 1.29 is 4.74 Å². The lowest BCUT2D eigenvalue weighted by atomic mass is 9.94. The average molecular weight is 226 g/mol. The van der Waals surface area contributed by atoms with Crippen molar-refractivity contribution in [2.24, 2.45) is 11.7 Å². The molecule has 0 aromatic carbocycles. The maximum atomic E-state index is 6.28. The van der Waals surface area contributed by atoms with Crippen molar-refractivity contribution in [2.75, 3.05) is 26.3 Å². The Balaban J connectivity index is 1.86. The van der Waals surface area contributed by atoms with Gasteiger partial charge in [0.2, 0.25) is 0 Å². The van der Waals surface area contributed by atoms with Gasteiger partial charge in [0.15, 0.2) is 0 Å². The number of hydrogen-bond acceptors (Lipinski definition) is 3. The van der Waals surface area contributed by atoms with Gasteiger partial charge in [0.25, 0.3) is 0 Å². The van der Waals surface area contributed by atoms with E-state index in [-0.39, 0.29) is 0 Å². The molecule has 0 aromatic heterocycles. The third-order valence-corrected chi connectivity index (χ3v) is 4.19. The molecule has 2 rings (SSSR count). The number of hydrogen-bond donors (Lipinski definition) is 1. The molecule has 1 saturated heterocycles. The fourth-order valence-corrected chi connectivity index (χ4v) is 2.97. The Morgan fingerprint density at radius 3 is 2.88 bits per heavy atom. The predicted molar refractivity (Wildman–Crippen MR) is 66.4 cm³/mol. The van der Waals surface area contributed by atoms with Gasteiger partial charge < -0.3 is 10.5 Å². The van der Waals surface area contributed by atoms with Gasteiger partial charge in [0, 0.05) is 25.2 Å². The van der Waals surface area contributed by atoms with E-state index < -0.39 is 0 Å². The summed E-state index contributed by atoms with van der Waals surface area (Å²) in [5.74, 6) is 0.711. The van der Waals surface area contributed by atoms with Crippen LogP contribution in [0.1, 0.15) is 39.0 Å². The molecule has 94 valence electrons. The summed E-state index contributed by atoms with van der Waals surface area (Å²) < 4.78 is 5.48. The summed E-state index contributed by atoms with van der Waals surface area (Å²) in [6.45, 7) is 6.33. The average Bonchev–Trinajstić information content (AvgIpc) is 2.48. The van der Waals surface area contributed by atoms with Crippen molar-refractivity contribution in [3.63, 3.8) is 0 Å². The molecule has 0 aromatic rings.